The van der Waals surface area contributed by atoms with Crippen molar-refractivity contribution >= 4 is 12.0 Å². The monoisotopic (exact) mass is 346 g/mol. The predicted molar refractivity (Wildman–Crippen MR) is 93.0 cm³/mol. The molecule has 0 atom stereocenters. The van der Waals surface area contributed by atoms with Gasteiger partial charge in [-0.25, -0.2) is 9.59 Å². The second-order valence-corrected chi connectivity index (χ2v) is 6.73. The highest BCUT2D eigenvalue weighted by molar-refractivity contribution is 5.87. The molecule has 136 valence electrons. The van der Waals surface area contributed by atoms with Crippen molar-refractivity contribution in [2.75, 3.05) is 26.3 Å². The van der Waals surface area contributed by atoms with Crippen LogP contribution in [-0.4, -0.2) is 48.7 Å². The topological polar surface area (TPSA) is 67.9 Å². The van der Waals surface area contributed by atoms with Gasteiger partial charge in [-0.05, 0) is 18.4 Å². The molecule has 1 aliphatic carbocycles. The number of amides is 2. The fraction of sp³-hybridized carbons (Fsp3) is 0.579. The molecule has 1 N–H and O–H groups in total. The van der Waals surface area contributed by atoms with E-state index in [-0.39, 0.29) is 18.6 Å². The van der Waals surface area contributed by atoms with Gasteiger partial charge >= 0.3 is 12.0 Å². The highest BCUT2D eigenvalue weighted by atomic mass is 16.5. The molecule has 0 unspecified atom stereocenters. The molecule has 2 fully saturated rings. The number of carbonyl (C=O) groups is 2. The third kappa shape index (κ3) is 4.51. The second kappa shape index (κ2) is 8.34. The van der Waals surface area contributed by atoms with Crippen molar-refractivity contribution < 1.29 is 19.1 Å². The van der Waals surface area contributed by atoms with Crippen molar-refractivity contribution in [3.8, 4) is 0 Å². The lowest BCUT2D eigenvalue weighted by Gasteiger charge is -2.38. The Morgan fingerprint density at radius 2 is 1.76 bits per heavy atom. The SMILES string of the molecule is O=C(NC1(C(=O)OCc2ccccc2)CCCCC1)N1CCOCC1. The van der Waals surface area contributed by atoms with Crippen molar-refractivity contribution in [3.63, 3.8) is 0 Å². The highest BCUT2D eigenvalue weighted by Gasteiger charge is 2.43. The van der Waals surface area contributed by atoms with Crippen LogP contribution in [0.2, 0.25) is 0 Å². The van der Waals surface area contributed by atoms with Crippen molar-refractivity contribution in [2.24, 2.45) is 0 Å². The lowest BCUT2D eigenvalue weighted by Crippen LogP contribution is -2.60. The third-order valence-electron chi connectivity index (χ3n) is 4.96. The summed E-state index contributed by atoms with van der Waals surface area (Å²) >= 11 is 0. The number of hydrogen-bond donors (Lipinski definition) is 1. The Labute approximate surface area is 148 Å². The fourth-order valence-corrected chi connectivity index (χ4v) is 3.45. The summed E-state index contributed by atoms with van der Waals surface area (Å²) in [6.07, 6.45) is 4.20. The third-order valence-corrected chi connectivity index (χ3v) is 4.96. The molecule has 6 nitrogen and oxygen atoms in total. The van der Waals surface area contributed by atoms with Crippen LogP contribution in [0.4, 0.5) is 4.79 Å². The van der Waals surface area contributed by atoms with Gasteiger partial charge in [0.1, 0.15) is 12.1 Å². The van der Waals surface area contributed by atoms with Gasteiger partial charge in [-0.1, -0.05) is 49.6 Å². The first-order valence-corrected chi connectivity index (χ1v) is 9.06. The summed E-state index contributed by atoms with van der Waals surface area (Å²) in [5, 5.41) is 3.00. The van der Waals surface area contributed by atoms with Crippen molar-refractivity contribution in [3.05, 3.63) is 35.9 Å². The van der Waals surface area contributed by atoms with E-state index in [0.717, 1.165) is 24.8 Å². The first-order valence-electron chi connectivity index (χ1n) is 9.06. The van der Waals surface area contributed by atoms with Gasteiger partial charge in [-0.2, -0.15) is 0 Å². The molecule has 1 aliphatic heterocycles. The van der Waals surface area contributed by atoms with E-state index in [9.17, 15) is 9.59 Å². The molecule has 0 spiro atoms. The summed E-state index contributed by atoms with van der Waals surface area (Å²) in [4.78, 5) is 27.1. The highest BCUT2D eigenvalue weighted by Crippen LogP contribution is 2.30. The number of ether oxygens (including phenoxy) is 2. The Balaban J connectivity index is 1.64. The summed E-state index contributed by atoms with van der Waals surface area (Å²) in [5.41, 5.74) is 0.0453. The summed E-state index contributed by atoms with van der Waals surface area (Å²) < 4.78 is 10.8. The Morgan fingerprint density at radius 1 is 1.08 bits per heavy atom. The molecule has 2 aliphatic rings. The quantitative estimate of drug-likeness (QED) is 0.851. The summed E-state index contributed by atoms with van der Waals surface area (Å²) in [7, 11) is 0. The minimum atomic E-state index is -0.900. The smallest absolute Gasteiger partial charge is 0.332 e. The zero-order valence-corrected chi connectivity index (χ0v) is 14.5. The van der Waals surface area contributed by atoms with Gasteiger partial charge in [0.25, 0.3) is 0 Å². The molecule has 1 aromatic rings. The maximum Gasteiger partial charge on any atom is 0.332 e. The van der Waals surface area contributed by atoms with E-state index < -0.39 is 5.54 Å². The maximum atomic E-state index is 12.8. The van der Waals surface area contributed by atoms with Crippen molar-refractivity contribution in [1.29, 1.82) is 0 Å². The number of morpholine rings is 1. The van der Waals surface area contributed by atoms with E-state index >= 15 is 0 Å². The molecule has 0 aromatic heterocycles. The average molecular weight is 346 g/mol. The minimum Gasteiger partial charge on any atom is -0.459 e. The van der Waals surface area contributed by atoms with Crippen LogP contribution in [-0.2, 0) is 20.9 Å². The molecule has 25 heavy (non-hydrogen) atoms. The normalized spacial score (nSPS) is 19.9. The van der Waals surface area contributed by atoms with Crippen LogP contribution in [0, 0.1) is 0 Å². The van der Waals surface area contributed by atoms with E-state index in [1.807, 2.05) is 30.3 Å². The Kier molecular flexibility index (Phi) is 5.91. The Hall–Kier alpha value is -2.08. The first kappa shape index (κ1) is 17.7. The number of nitrogens with one attached hydrogen (secondary N) is 1. The molecule has 1 heterocycles. The van der Waals surface area contributed by atoms with Crippen LogP contribution in [0.1, 0.15) is 37.7 Å². The molecular weight excluding hydrogens is 320 g/mol. The summed E-state index contributed by atoms with van der Waals surface area (Å²) in [5.74, 6) is -0.322. The van der Waals surface area contributed by atoms with Gasteiger partial charge in [-0.3, -0.25) is 0 Å². The lowest BCUT2D eigenvalue weighted by molar-refractivity contribution is -0.154. The number of nitrogens with zero attached hydrogens (tertiary/aromatic N) is 1. The maximum absolute atomic E-state index is 12.8. The Bertz CT molecular complexity index is 578. The number of esters is 1. The van der Waals surface area contributed by atoms with Crippen LogP contribution in [0.5, 0.6) is 0 Å². The molecule has 1 saturated heterocycles. The molecule has 2 amide bonds. The summed E-state index contributed by atoms with van der Waals surface area (Å²) in [6, 6.07) is 9.41. The van der Waals surface area contributed by atoms with Gasteiger partial charge in [-0.15, -0.1) is 0 Å². The summed E-state index contributed by atoms with van der Waals surface area (Å²) in [6.45, 7) is 2.43. The van der Waals surface area contributed by atoms with E-state index in [0.29, 0.717) is 39.1 Å². The number of urea groups is 1. The van der Waals surface area contributed by atoms with E-state index in [1.165, 1.54) is 0 Å². The number of carbonyl (C=O) groups excluding carboxylic acids is 2. The predicted octanol–water partition coefficient (Wildman–Crippen LogP) is 2.47. The van der Waals surface area contributed by atoms with E-state index in [2.05, 4.69) is 5.32 Å². The Morgan fingerprint density at radius 3 is 2.44 bits per heavy atom. The van der Waals surface area contributed by atoms with Crippen LogP contribution >= 0.6 is 0 Å². The van der Waals surface area contributed by atoms with Gasteiger partial charge in [0, 0.05) is 13.1 Å². The van der Waals surface area contributed by atoms with Gasteiger partial charge in [0.15, 0.2) is 0 Å². The zero-order chi connectivity index (χ0) is 17.5. The van der Waals surface area contributed by atoms with Gasteiger partial charge in [0.2, 0.25) is 0 Å². The minimum absolute atomic E-state index is 0.193. The molecule has 6 heteroatoms. The van der Waals surface area contributed by atoms with Crippen LogP contribution < -0.4 is 5.32 Å². The van der Waals surface area contributed by atoms with Crippen LogP contribution in [0.15, 0.2) is 30.3 Å². The van der Waals surface area contributed by atoms with Gasteiger partial charge in [0.05, 0.1) is 13.2 Å². The number of rotatable bonds is 4. The first-order chi connectivity index (χ1) is 12.2. The largest absolute Gasteiger partial charge is 0.459 e. The molecule has 1 aromatic carbocycles. The van der Waals surface area contributed by atoms with Crippen molar-refractivity contribution in [1.82, 2.24) is 10.2 Å². The van der Waals surface area contributed by atoms with Crippen LogP contribution in [0.3, 0.4) is 0 Å². The lowest BCUT2D eigenvalue weighted by atomic mass is 9.81. The fourth-order valence-electron chi connectivity index (χ4n) is 3.45. The molecule has 0 bridgehead atoms. The molecular formula is C19H26N2O4. The van der Waals surface area contributed by atoms with E-state index in [4.69, 9.17) is 9.47 Å². The number of benzene rings is 1. The standard InChI is InChI=1S/C19H26N2O4/c22-17(25-15-16-7-3-1-4-8-16)19(9-5-2-6-10-19)20-18(23)21-11-13-24-14-12-21/h1,3-4,7-8H,2,5-6,9-15H2,(H,20,23). The second-order valence-electron chi connectivity index (χ2n) is 6.73. The van der Waals surface area contributed by atoms with E-state index in [1.54, 1.807) is 4.90 Å². The average Bonchev–Trinajstić information content (AvgIpc) is 2.68. The molecule has 1 saturated carbocycles. The van der Waals surface area contributed by atoms with Gasteiger partial charge < -0.3 is 19.7 Å². The van der Waals surface area contributed by atoms with Crippen LogP contribution in [0.25, 0.3) is 0 Å². The zero-order valence-electron chi connectivity index (χ0n) is 14.5. The van der Waals surface area contributed by atoms with Crippen molar-refractivity contribution in [2.45, 2.75) is 44.2 Å². The molecule has 0 radical (unpaired) electrons. The number of hydrogen-bond acceptors (Lipinski definition) is 4. The molecule has 3 rings (SSSR count).